The molecule has 148 valence electrons. The fourth-order valence-corrected chi connectivity index (χ4v) is 2.89. The van der Waals surface area contributed by atoms with Crippen LogP contribution in [0, 0.1) is 6.92 Å². The first kappa shape index (κ1) is 18.7. The van der Waals surface area contributed by atoms with Gasteiger partial charge in [0.25, 0.3) is 5.91 Å². The summed E-state index contributed by atoms with van der Waals surface area (Å²) in [7, 11) is 0. The Kier molecular flexibility index (Phi) is 5.29. The number of ether oxygens (including phenoxy) is 1. The highest BCUT2D eigenvalue weighted by Gasteiger charge is 2.28. The minimum Gasteiger partial charge on any atom is -0.462 e. The molecule has 2 aromatic heterocycles. The maximum absolute atomic E-state index is 12.3. The summed E-state index contributed by atoms with van der Waals surface area (Å²) in [5, 5.41) is 7.41. The van der Waals surface area contributed by atoms with Crippen molar-refractivity contribution in [3.8, 4) is 5.69 Å². The van der Waals surface area contributed by atoms with Gasteiger partial charge in [0.05, 0.1) is 11.4 Å². The first-order valence-corrected chi connectivity index (χ1v) is 9.45. The van der Waals surface area contributed by atoms with E-state index in [0.717, 1.165) is 30.0 Å². The lowest BCUT2D eigenvalue weighted by molar-refractivity contribution is -0.142. The molecule has 1 aliphatic carbocycles. The standard InChI is InChI=1S/C22H21N3O4/c1-15-7-10-18(29-15)11-12-22(27)28-14-21(26)23-20-13-19(16-8-9-16)24-25(20)17-5-3-2-4-6-17/h2-7,10-13,16H,8-9,14H2,1H3,(H,23,26)/b12-11+. The number of benzene rings is 1. The summed E-state index contributed by atoms with van der Waals surface area (Å²) >= 11 is 0. The minimum atomic E-state index is -0.621. The summed E-state index contributed by atoms with van der Waals surface area (Å²) in [5.41, 5.74) is 1.81. The summed E-state index contributed by atoms with van der Waals surface area (Å²) in [6, 6.07) is 15.0. The number of furan rings is 1. The van der Waals surface area contributed by atoms with Gasteiger partial charge in [0.2, 0.25) is 0 Å². The third-order valence-corrected chi connectivity index (χ3v) is 4.48. The molecule has 0 radical (unpaired) electrons. The number of amides is 1. The van der Waals surface area contributed by atoms with E-state index < -0.39 is 11.9 Å². The van der Waals surface area contributed by atoms with Crippen LogP contribution in [0.4, 0.5) is 5.82 Å². The third kappa shape index (κ3) is 4.82. The van der Waals surface area contributed by atoms with E-state index in [4.69, 9.17) is 9.15 Å². The third-order valence-electron chi connectivity index (χ3n) is 4.48. The van der Waals surface area contributed by atoms with Crippen LogP contribution < -0.4 is 5.32 Å². The van der Waals surface area contributed by atoms with Crippen molar-refractivity contribution >= 4 is 23.8 Å². The van der Waals surface area contributed by atoms with E-state index in [0.29, 0.717) is 17.5 Å². The summed E-state index contributed by atoms with van der Waals surface area (Å²) in [6.45, 7) is 1.42. The van der Waals surface area contributed by atoms with Crippen molar-refractivity contribution in [2.24, 2.45) is 0 Å². The van der Waals surface area contributed by atoms with E-state index in [1.54, 1.807) is 16.8 Å². The number of nitrogens with one attached hydrogen (secondary N) is 1. The molecule has 1 aromatic carbocycles. The molecule has 4 rings (SSSR count). The maximum atomic E-state index is 12.3. The van der Waals surface area contributed by atoms with E-state index >= 15 is 0 Å². The molecule has 1 fully saturated rings. The highest BCUT2D eigenvalue weighted by Crippen LogP contribution is 2.40. The largest absolute Gasteiger partial charge is 0.462 e. The molecule has 0 spiro atoms. The van der Waals surface area contributed by atoms with Crippen molar-refractivity contribution in [3.05, 3.63) is 71.8 Å². The van der Waals surface area contributed by atoms with Crippen LogP contribution in [0.2, 0.25) is 0 Å². The molecule has 0 unspecified atom stereocenters. The Bertz CT molecular complexity index is 1050. The second-order valence-corrected chi connectivity index (χ2v) is 6.91. The maximum Gasteiger partial charge on any atom is 0.331 e. The Labute approximate surface area is 168 Å². The Morgan fingerprint density at radius 3 is 2.72 bits per heavy atom. The van der Waals surface area contributed by atoms with Gasteiger partial charge in [-0.15, -0.1) is 0 Å². The van der Waals surface area contributed by atoms with Crippen LogP contribution in [0.25, 0.3) is 11.8 Å². The molecule has 0 atom stereocenters. The number of aryl methyl sites for hydroxylation is 1. The number of rotatable bonds is 7. The van der Waals surface area contributed by atoms with Gasteiger partial charge in [-0.05, 0) is 50.1 Å². The number of nitrogens with zero attached hydrogens (tertiary/aromatic N) is 2. The monoisotopic (exact) mass is 391 g/mol. The van der Waals surface area contributed by atoms with E-state index in [9.17, 15) is 9.59 Å². The summed E-state index contributed by atoms with van der Waals surface area (Å²) < 4.78 is 12.0. The van der Waals surface area contributed by atoms with Crippen LogP contribution in [-0.4, -0.2) is 28.3 Å². The number of hydrogen-bond donors (Lipinski definition) is 1. The normalized spacial score (nSPS) is 13.6. The van der Waals surface area contributed by atoms with Crippen molar-refractivity contribution in [2.75, 3.05) is 11.9 Å². The number of carbonyl (C=O) groups excluding carboxylic acids is 2. The van der Waals surface area contributed by atoms with E-state index in [2.05, 4.69) is 10.4 Å². The van der Waals surface area contributed by atoms with Crippen LogP contribution in [0.1, 0.15) is 36.0 Å². The Morgan fingerprint density at radius 1 is 1.24 bits per heavy atom. The Hall–Kier alpha value is -3.61. The molecule has 29 heavy (non-hydrogen) atoms. The minimum absolute atomic E-state index is 0.390. The highest BCUT2D eigenvalue weighted by molar-refractivity contribution is 5.94. The molecule has 0 aliphatic heterocycles. The Balaban J connectivity index is 1.38. The number of anilines is 1. The number of esters is 1. The molecular formula is C22H21N3O4. The van der Waals surface area contributed by atoms with Crippen LogP contribution >= 0.6 is 0 Å². The first-order valence-electron chi connectivity index (χ1n) is 9.45. The van der Waals surface area contributed by atoms with Gasteiger partial charge in [-0.25, -0.2) is 9.48 Å². The van der Waals surface area contributed by atoms with Gasteiger partial charge in [0.1, 0.15) is 17.3 Å². The van der Waals surface area contributed by atoms with Gasteiger partial charge in [0.15, 0.2) is 6.61 Å². The zero-order chi connectivity index (χ0) is 20.2. The van der Waals surface area contributed by atoms with Crippen molar-refractivity contribution in [2.45, 2.75) is 25.7 Å². The first-order chi connectivity index (χ1) is 14.1. The second-order valence-electron chi connectivity index (χ2n) is 6.91. The van der Waals surface area contributed by atoms with E-state index in [1.807, 2.05) is 43.3 Å². The zero-order valence-corrected chi connectivity index (χ0v) is 16.0. The van der Waals surface area contributed by atoms with Gasteiger partial charge in [-0.2, -0.15) is 5.10 Å². The molecular weight excluding hydrogens is 370 g/mol. The molecule has 1 aliphatic rings. The molecule has 0 saturated heterocycles. The molecule has 0 bridgehead atoms. The fourth-order valence-electron chi connectivity index (χ4n) is 2.89. The van der Waals surface area contributed by atoms with Crippen LogP contribution in [0.3, 0.4) is 0 Å². The summed E-state index contributed by atoms with van der Waals surface area (Å²) in [4.78, 5) is 24.1. The molecule has 7 heteroatoms. The summed E-state index contributed by atoms with van der Waals surface area (Å²) in [6.07, 6.45) is 4.95. The molecule has 2 heterocycles. The van der Waals surface area contributed by atoms with E-state index in [1.165, 1.54) is 12.2 Å². The quantitative estimate of drug-likeness (QED) is 0.488. The van der Waals surface area contributed by atoms with Gasteiger partial charge in [-0.1, -0.05) is 18.2 Å². The number of para-hydroxylation sites is 1. The van der Waals surface area contributed by atoms with Crippen molar-refractivity contribution in [3.63, 3.8) is 0 Å². The predicted molar refractivity (Wildman–Crippen MR) is 108 cm³/mol. The highest BCUT2D eigenvalue weighted by atomic mass is 16.5. The predicted octanol–water partition coefficient (Wildman–Crippen LogP) is 3.85. The lowest BCUT2D eigenvalue weighted by atomic mass is 10.3. The molecule has 1 saturated carbocycles. The van der Waals surface area contributed by atoms with Gasteiger partial charge >= 0.3 is 5.97 Å². The van der Waals surface area contributed by atoms with Crippen LogP contribution in [0.5, 0.6) is 0 Å². The molecule has 7 nitrogen and oxygen atoms in total. The van der Waals surface area contributed by atoms with Crippen LogP contribution in [-0.2, 0) is 14.3 Å². The second kappa shape index (κ2) is 8.18. The zero-order valence-electron chi connectivity index (χ0n) is 16.0. The summed E-state index contributed by atoms with van der Waals surface area (Å²) in [5.74, 6) is 1.25. The lowest BCUT2D eigenvalue weighted by Crippen LogP contribution is -2.21. The number of hydrogen-bond acceptors (Lipinski definition) is 5. The van der Waals surface area contributed by atoms with Gasteiger partial charge in [0, 0.05) is 18.1 Å². The lowest BCUT2D eigenvalue weighted by Gasteiger charge is -2.08. The average Bonchev–Trinajstić information content (AvgIpc) is 3.37. The van der Waals surface area contributed by atoms with Crippen molar-refractivity contribution in [1.82, 2.24) is 9.78 Å². The van der Waals surface area contributed by atoms with Crippen molar-refractivity contribution in [1.29, 1.82) is 0 Å². The number of carbonyl (C=O) groups is 2. The molecule has 1 N–H and O–H groups in total. The fraction of sp³-hybridized carbons (Fsp3) is 0.227. The molecule has 3 aromatic rings. The molecule has 1 amide bonds. The average molecular weight is 391 g/mol. The van der Waals surface area contributed by atoms with Crippen molar-refractivity contribution < 1.29 is 18.7 Å². The van der Waals surface area contributed by atoms with Crippen LogP contribution in [0.15, 0.2) is 59.0 Å². The van der Waals surface area contributed by atoms with Gasteiger partial charge < -0.3 is 14.5 Å². The van der Waals surface area contributed by atoms with E-state index in [-0.39, 0.29) is 6.61 Å². The Morgan fingerprint density at radius 2 is 2.03 bits per heavy atom. The smallest absolute Gasteiger partial charge is 0.331 e. The van der Waals surface area contributed by atoms with Gasteiger partial charge in [-0.3, -0.25) is 4.79 Å². The topological polar surface area (TPSA) is 86.4 Å². The SMILES string of the molecule is Cc1ccc(/C=C/C(=O)OCC(=O)Nc2cc(C3CC3)nn2-c2ccccc2)o1. The number of aromatic nitrogens is 2.